The summed E-state index contributed by atoms with van der Waals surface area (Å²) in [5, 5.41) is 7.47. The number of carbonyl (C=O) groups excluding carboxylic acids is 1. The Morgan fingerprint density at radius 1 is 1.53 bits per heavy atom. The number of hydrogen-bond donors (Lipinski definition) is 2. The highest BCUT2D eigenvalue weighted by atomic mass is 32.2. The average molecular weight is 244 g/mol. The molecule has 7 heteroatoms. The van der Waals surface area contributed by atoms with Gasteiger partial charge in [0.1, 0.15) is 0 Å². The molecule has 0 unspecified atom stereocenters. The van der Waals surface area contributed by atoms with Crippen molar-refractivity contribution in [3.05, 3.63) is 0 Å². The van der Waals surface area contributed by atoms with E-state index < -0.39 is 0 Å². The van der Waals surface area contributed by atoms with E-state index >= 15 is 0 Å². The first-order valence-corrected chi connectivity index (χ1v) is 6.16. The van der Waals surface area contributed by atoms with Gasteiger partial charge < -0.3 is 10.6 Å². The van der Waals surface area contributed by atoms with E-state index in [0.717, 1.165) is 24.8 Å². The van der Waals surface area contributed by atoms with E-state index in [1.807, 2.05) is 0 Å². The van der Waals surface area contributed by atoms with Crippen molar-refractivity contribution >= 4 is 40.2 Å². The Hall–Kier alpha value is -0.820. The third kappa shape index (κ3) is 2.60. The molecule has 2 heterocycles. The zero-order chi connectivity index (χ0) is 10.7. The largest absolute Gasteiger partial charge is 0.363 e. The lowest BCUT2D eigenvalue weighted by atomic mass is 10.5. The Kier molecular flexibility index (Phi) is 3.42. The van der Waals surface area contributed by atoms with Crippen LogP contribution >= 0.6 is 24.0 Å². The van der Waals surface area contributed by atoms with Gasteiger partial charge in [-0.15, -0.1) is 0 Å². The molecule has 5 nitrogen and oxygen atoms in total. The average Bonchev–Trinajstić information content (AvgIpc) is 2.84. The van der Waals surface area contributed by atoms with Crippen molar-refractivity contribution in [3.63, 3.8) is 0 Å². The predicted octanol–water partition coefficient (Wildman–Crippen LogP) is -0.604. The van der Waals surface area contributed by atoms with Crippen LogP contribution in [0.5, 0.6) is 0 Å². The van der Waals surface area contributed by atoms with Crippen LogP contribution in [0.2, 0.25) is 0 Å². The maximum atomic E-state index is 11.7. The van der Waals surface area contributed by atoms with E-state index in [4.69, 9.17) is 12.2 Å². The molecule has 82 valence electrons. The summed E-state index contributed by atoms with van der Waals surface area (Å²) >= 11 is 6.45. The molecular weight excluding hydrogens is 232 g/mol. The van der Waals surface area contributed by atoms with Crippen LogP contribution in [-0.4, -0.2) is 53.0 Å². The van der Waals surface area contributed by atoms with Crippen molar-refractivity contribution in [2.75, 3.05) is 31.9 Å². The number of thiocarbonyl (C=S) groups is 1. The number of aliphatic imine (C=N–C) groups is 1. The molecule has 1 fully saturated rings. The van der Waals surface area contributed by atoms with Gasteiger partial charge in [-0.25, -0.2) is 0 Å². The van der Waals surface area contributed by atoms with Gasteiger partial charge in [0.2, 0.25) is 5.91 Å². The number of hydrogen-bond acceptors (Lipinski definition) is 5. The van der Waals surface area contributed by atoms with Crippen LogP contribution < -0.4 is 10.6 Å². The highest BCUT2D eigenvalue weighted by Crippen LogP contribution is 2.08. The number of nitrogens with one attached hydrogen (secondary N) is 2. The Morgan fingerprint density at radius 3 is 3.00 bits per heavy atom. The zero-order valence-corrected chi connectivity index (χ0v) is 9.79. The first-order chi connectivity index (χ1) is 7.27. The third-order valence-electron chi connectivity index (χ3n) is 2.13. The number of rotatable bonds is 2. The standard InChI is InChI=1S/C8H12N4OS2/c13-6(12-4-3-11-8(12)14)5-15-7-9-1-2-10-7/h1-5H2,(H,9,10)(H,11,14). The first-order valence-electron chi connectivity index (χ1n) is 4.76. The predicted molar refractivity (Wildman–Crippen MR) is 65.1 cm³/mol. The molecule has 15 heavy (non-hydrogen) atoms. The summed E-state index contributed by atoms with van der Waals surface area (Å²) in [5.74, 6) is 0.444. The molecule has 1 saturated heterocycles. The van der Waals surface area contributed by atoms with Gasteiger partial charge in [-0.05, 0) is 12.2 Å². The van der Waals surface area contributed by atoms with E-state index in [0.29, 0.717) is 17.4 Å². The van der Waals surface area contributed by atoms with E-state index in [1.54, 1.807) is 4.90 Å². The van der Waals surface area contributed by atoms with Crippen LogP contribution in [0, 0.1) is 0 Å². The topological polar surface area (TPSA) is 56.7 Å². The summed E-state index contributed by atoms with van der Waals surface area (Å²) in [6.45, 7) is 3.12. The summed E-state index contributed by atoms with van der Waals surface area (Å²) in [5.41, 5.74) is 0. The van der Waals surface area contributed by atoms with Crippen molar-refractivity contribution in [2.24, 2.45) is 4.99 Å². The summed E-state index contributed by atoms with van der Waals surface area (Å²) in [6.07, 6.45) is 0. The third-order valence-corrected chi connectivity index (χ3v) is 3.44. The first kappa shape index (κ1) is 10.7. The van der Waals surface area contributed by atoms with Crippen molar-refractivity contribution in [2.45, 2.75) is 0 Å². The molecule has 0 aromatic rings. The fourth-order valence-corrected chi connectivity index (χ4v) is 2.49. The van der Waals surface area contributed by atoms with Crippen LogP contribution in [0.3, 0.4) is 0 Å². The van der Waals surface area contributed by atoms with Gasteiger partial charge in [0.05, 0.1) is 12.3 Å². The van der Waals surface area contributed by atoms with Crippen LogP contribution in [0.4, 0.5) is 0 Å². The Labute approximate surface area is 97.7 Å². The molecule has 0 spiro atoms. The molecule has 0 bridgehead atoms. The van der Waals surface area contributed by atoms with Gasteiger partial charge in [0.15, 0.2) is 10.3 Å². The molecule has 0 saturated carbocycles. The fourth-order valence-electron chi connectivity index (χ4n) is 1.39. The lowest BCUT2D eigenvalue weighted by Gasteiger charge is -2.13. The highest BCUT2D eigenvalue weighted by molar-refractivity contribution is 8.14. The van der Waals surface area contributed by atoms with Crippen LogP contribution in [0.25, 0.3) is 0 Å². The number of carbonyl (C=O) groups is 1. The maximum Gasteiger partial charge on any atom is 0.239 e. The zero-order valence-electron chi connectivity index (χ0n) is 8.15. The van der Waals surface area contributed by atoms with E-state index in [9.17, 15) is 4.79 Å². The second-order valence-electron chi connectivity index (χ2n) is 3.18. The summed E-state index contributed by atoms with van der Waals surface area (Å²) in [6, 6.07) is 0. The SMILES string of the molecule is O=C(CSC1=NCCN1)N1CCNC1=S. The number of thioether (sulfide) groups is 1. The van der Waals surface area contributed by atoms with Crippen molar-refractivity contribution in [3.8, 4) is 0 Å². The molecule has 0 aliphatic carbocycles. The molecule has 2 N–H and O–H groups in total. The van der Waals surface area contributed by atoms with Crippen LogP contribution in [0.15, 0.2) is 4.99 Å². The smallest absolute Gasteiger partial charge is 0.239 e. The van der Waals surface area contributed by atoms with E-state index in [-0.39, 0.29) is 5.91 Å². The van der Waals surface area contributed by atoms with E-state index in [2.05, 4.69) is 15.6 Å². The van der Waals surface area contributed by atoms with E-state index in [1.165, 1.54) is 11.8 Å². The number of amides is 1. The molecule has 2 aliphatic heterocycles. The van der Waals surface area contributed by atoms with Crippen LogP contribution in [0.1, 0.15) is 0 Å². The number of amidine groups is 1. The monoisotopic (exact) mass is 244 g/mol. The Morgan fingerprint density at radius 2 is 2.40 bits per heavy atom. The van der Waals surface area contributed by atoms with Gasteiger partial charge in [-0.2, -0.15) is 0 Å². The molecule has 2 rings (SSSR count). The van der Waals surface area contributed by atoms with Crippen molar-refractivity contribution in [1.82, 2.24) is 15.5 Å². The van der Waals surface area contributed by atoms with Crippen LogP contribution in [-0.2, 0) is 4.79 Å². The van der Waals surface area contributed by atoms with Gasteiger partial charge in [0.25, 0.3) is 0 Å². The number of nitrogens with zero attached hydrogens (tertiary/aromatic N) is 2. The van der Waals surface area contributed by atoms with Gasteiger partial charge in [0, 0.05) is 19.6 Å². The lowest BCUT2D eigenvalue weighted by molar-refractivity contribution is -0.124. The highest BCUT2D eigenvalue weighted by Gasteiger charge is 2.23. The molecule has 1 amide bonds. The summed E-state index contributed by atoms with van der Waals surface area (Å²) < 4.78 is 0. The van der Waals surface area contributed by atoms with Gasteiger partial charge in [-0.3, -0.25) is 14.7 Å². The molecule has 0 aromatic heterocycles. The Bertz CT molecular complexity index is 318. The van der Waals surface area contributed by atoms with Crippen molar-refractivity contribution < 1.29 is 4.79 Å². The van der Waals surface area contributed by atoms with Gasteiger partial charge >= 0.3 is 0 Å². The minimum absolute atomic E-state index is 0.0476. The lowest BCUT2D eigenvalue weighted by Crippen LogP contribution is -2.35. The quantitative estimate of drug-likeness (QED) is 0.635. The summed E-state index contributed by atoms with van der Waals surface area (Å²) in [7, 11) is 0. The van der Waals surface area contributed by atoms with Crippen molar-refractivity contribution in [1.29, 1.82) is 0 Å². The second kappa shape index (κ2) is 4.80. The molecular formula is C8H12N4OS2. The molecule has 0 aromatic carbocycles. The normalized spacial score (nSPS) is 19.9. The molecule has 2 aliphatic rings. The molecule has 0 atom stereocenters. The second-order valence-corrected chi connectivity index (χ2v) is 4.53. The van der Waals surface area contributed by atoms with Gasteiger partial charge in [-0.1, -0.05) is 11.8 Å². The molecule has 0 radical (unpaired) electrons. The minimum Gasteiger partial charge on any atom is -0.363 e. The summed E-state index contributed by atoms with van der Waals surface area (Å²) in [4.78, 5) is 17.5. The maximum absolute atomic E-state index is 11.7. The minimum atomic E-state index is 0.0476. The Balaban J connectivity index is 1.79. The fraction of sp³-hybridized carbons (Fsp3) is 0.625.